The van der Waals surface area contributed by atoms with E-state index in [0.29, 0.717) is 0 Å². The Morgan fingerprint density at radius 2 is 2.38 bits per heavy atom. The first-order valence-corrected chi connectivity index (χ1v) is 4.73. The summed E-state index contributed by atoms with van der Waals surface area (Å²) in [7, 11) is 0. The minimum Gasteiger partial charge on any atom is -0.481 e. The Kier molecular flexibility index (Phi) is 3.42. The van der Waals surface area contributed by atoms with E-state index < -0.39 is 5.97 Å². The molecule has 0 saturated carbocycles. The molecule has 13 heavy (non-hydrogen) atoms. The highest BCUT2D eigenvalue weighted by molar-refractivity contribution is 9.10. The maximum atomic E-state index is 10.4. The zero-order chi connectivity index (χ0) is 9.84. The molecule has 0 aromatic carbocycles. The summed E-state index contributed by atoms with van der Waals surface area (Å²) in [5.74, 6) is -0.843. The first kappa shape index (κ1) is 10.2. The van der Waals surface area contributed by atoms with E-state index in [1.54, 1.807) is 0 Å². The Bertz CT molecular complexity index is 314. The van der Waals surface area contributed by atoms with E-state index in [4.69, 9.17) is 5.11 Å². The van der Waals surface area contributed by atoms with Crippen molar-refractivity contribution in [3.63, 3.8) is 0 Å². The van der Waals surface area contributed by atoms with Gasteiger partial charge in [0.2, 0.25) is 0 Å². The molecule has 1 aromatic heterocycles. The lowest BCUT2D eigenvalue weighted by atomic mass is 10.0. The minimum absolute atomic E-state index is 0.0463. The average molecular weight is 244 g/mol. The summed E-state index contributed by atoms with van der Waals surface area (Å²) in [6.45, 7) is 1.85. The van der Waals surface area contributed by atoms with Gasteiger partial charge in [0, 0.05) is 11.6 Å². The fourth-order valence-electron chi connectivity index (χ4n) is 1.06. The molecule has 0 aliphatic rings. The molecule has 0 saturated heterocycles. The Morgan fingerprint density at radius 3 is 2.92 bits per heavy atom. The molecule has 0 spiro atoms. The summed E-state index contributed by atoms with van der Waals surface area (Å²) < 4.78 is 0.738. The molecular formula is C9H10BrNO2. The van der Waals surface area contributed by atoms with Gasteiger partial charge in [-0.1, -0.05) is 13.0 Å². The molecule has 1 rings (SSSR count). The van der Waals surface area contributed by atoms with E-state index >= 15 is 0 Å². The lowest BCUT2D eigenvalue weighted by Crippen LogP contribution is -2.04. The standard InChI is InChI=1S/C9H10BrNO2/c1-6(5-9(12)13)7-3-2-4-8(10)11-7/h2-4,6H,5H2,1H3,(H,12,13)/t6-/m1/s1. The largest absolute Gasteiger partial charge is 0.481 e. The third-order valence-electron chi connectivity index (χ3n) is 1.72. The number of carbonyl (C=O) groups is 1. The van der Waals surface area contributed by atoms with Crippen LogP contribution in [0.3, 0.4) is 0 Å². The number of carboxylic acid groups (broad SMARTS) is 1. The second-order valence-corrected chi connectivity index (χ2v) is 3.70. The van der Waals surface area contributed by atoms with Crippen LogP contribution >= 0.6 is 15.9 Å². The summed E-state index contributed by atoms with van der Waals surface area (Å²) in [6, 6.07) is 5.50. The van der Waals surface area contributed by atoms with Gasteiger partial charge in [-0.15, -0.1) is 0 Å². The van der Waals surface area contributed by atoms with Gasteiger partial charge in [0.15, 0.2) is 0 Å². The molecule has 1 N–H and O–H groups in total. The second kappa shape index (κ2) is 4.37. The quantitative estimate of drug-likeness (QED) is 0.830. The summed E-state index contributed by atoms with van der Waals surface area (Å²) in [4.78, 5) is 14.6. The summed E-state index contributed by atoms with van der Waals surface area (Å²) in [6.07, 6.45) is 0.115. The fraction of sp³-hybridized carbons (Fsp3) is 0.333. The monoisotopic (exact) mass is 243 g/mol. The van der Waals surface area contributed by atoms with Crippen LogP contribution in [0.5, 0.6) is 0 Å². The van der Waals surface area contributed by atoms with Crippen molar-refractivity contribution in [3.8, 4) is 0 Å². The van der Waals surface area contributed by atoms with Crippen LogP contribution in [0.2, 0.25) is 0 Å². The predicted molar refractivity (Wildman–Crippen MR) is 52.6 cm³/mol. The maximum absolute atomic E-state index is 10.4. The van der Waals surface area contributed by atoms with Crippen molar-refractivity contribution < 1.29 is 9.90 Å². The molecule has 1 atom stereocenters. The third-order valence-corrected chi connectivity index (χ3v) is 2.16. The van der Waals surface area contributed by atoms with Crippen LogP contribution in [-0.4, -0.2) is 16.1 Å². The number of carboxylic acids is 1. The number of aliphatic carboxylic acids is 1. The normalized spacial score (nSPS) is 12.5. The van der Waals surface area contributed by atoms with Gasteiger partial charge in [0.05, 0.1) is 6.42 Å². The van der Waals surface area contributed by atoms with Gasteiger partial charge in [-0.25, -0.2) is 4.98 Å². The number of aromatic nitrogens is 1. The van der Waals surface area contributed by atoms with Crippen molar-refractivity contribution in [2.45, 2.75) is 19.3 Å². The van der Waals surface area contributed by atoms with Crippen molar-refractivity contribution in [2.24, 2.45) is 0 Å². The molecule has 0 aliphatic carbocycles. The van der Waals surface area contributed by atoms with E-state index in [1.165, 1.54) is 0 Å². The summed E-state index contributed by atoms with van der Waals surface area (Å²) >= 11 is 3.24. The smallest absolute Gasteiger partial charge is 0.304 e. The molecule has 4 heteroatoms. The maximum Gasteiger partial charge on any atom is 0.304 e. The minimum atomic E-state index is -0.797. The molecule has 1 aromatic rings. The van der Waals surface area contributed by atoms with Crippen LogP contribution in [0.1, 0.15) is 25.0 Å². The van der Waals surface area contributed by atoms with E-state index in [2.05, 4.69) is 20.9 Å². The number of nitrogens with zero attached hydrogens (tertiary/aromatic N) is 1. The van der Waals surface area contributed by atoms with Gasteiger partial charge in [0.25, 0.3) is 0 Å². The van der Waals surface area contributed by atoms with E-state index in [1.807, 2.05) is 25.1 Å². The molecular weight excluding hydrogens is 234 g/mol. The highest BCUT2D eigenvalue weighted by Gasteiger charge is 2.11. The first-order valence-electron chi connectivity index (χ1n) is 3.94. The fourth-order valence-corrected chi connectivity index (χ4v) is 1.42. The zero-order valence-corrected chi connectivity index (χ0v) is 8.78. The number of hydrogen-bond donors (Lipinski definition) is 1. The summed E-state index contributed by atoms with van der Waals surface area (Å²) in [5.41, 5.74) is 0.803. The Morgan fingerprint density at radius 1 is 1.69 bits per heavy atom. The third kappa shape index (κ3) is 3.14. The number of halogens is 1. The van der Waals surface area contributed by atoms with Crippen LogP contribution in [-0.2, 0) is 4.79 Å². The van der Waals surface area contributed by atoms with Crippen LogP contribution in [0, 0.1) is 0 Å². The van der Waals surface area contributed by atoms with E-state index in [0.717, 1.165) is 10.3 Å². The first-order chi connectivity index (χ1) is 6.09. The molecule has 0 bridgehead atoms. The molecule has 0 fully saturated rings. The van der Waals surface area contributed by atoms with Crippen LogP contribution < -0.4 is 0 Å². The van der Waals surface area contributed by atoms with Crippen LogP contribution in [0.15, 0.2) is 22.8 Å². The van der Waals surface area contributed by atoms with Crippen LogP contribution in [0.4, 0.5) is 0 Å². The predicted octanol–water partition coefficient (Wildman–Crippen LogP) is 2.42. The second-order valence-electron chi connectivity index (χ2n) is 2.88. The van der Waals surface area contributed by atoms with Crippen molar-refractivity contribution in [3.05, 3.63) is 28.5 Å². The Balaban J connectivity index is 2.76. The molecule has 0 amide bonds. The van der Waals surface area contributed by atoms with Crippen molar-refractivity contribution in [1.29, 1.82) is 0 Å². The molecule has 3 nitrogen and oxygen atoms in total. The van der Waals surface area contributed by atoms with Gasteiger partial charge >= 0.3 is 5.97 Å². The lowest BCUT2D eigenvalue weighted by molar-refractivity contribution is -0.137. The lowest BCUT2D eigenvalue weighted by Gasteiger charge is -2.07. The van der Waals surface area contributed by atoms with Crippen molar-refractivity contribution in [2.75, 3.05) is 0 Å². The summed E-state index contributed by atoms with van der Waals surface area (Å²) in [5, 5.41) is 8.58. The van der Waals surface area contributed by atoms with Crippen LogP contribution in [0.25, 0.3) is 0 Å². The van der Waals surface area contributed by atoms with Gasteiger partial charge in [-0.3, -0.25) is 4.79 Å². The number of rotatable bonds is 3. The topological polar surface area (TPSA) is 50.2 Å². The highest BCUT2D eigenvalue weighted by atomic mass is 79.9. The molecule has 0 aliphatic heterocycles. The average Bonchev–Trinajstić information content (AvgIpc) is 2.03. The molecule has 70 valence electrons. The van der Waals surface area contributed by atoms with Gasteiger partial charge < -0.3 is 5.11 Å². The van der Waals surface area contributed by atoms with E-state index in [9.17, 15) is 4.79 Å². The van der Waals surface area contributed by atoms with Gasteiger partial charge in [-0.2, -0.15) is 0 Å². The highest BCUT2D eigenvalue weighted by Crippen LogP contribution is 2.18. The molecule has 0 radical (unpaired) electrons. The zero-order valence-electron chi connectivity index (χ0n) is 7.20. The molecule has 1 heterocycles. The Labute approximate surface area is 84.9 Å². The van der Waals surface area contributed by atoms with Gasteiger partial charge in [0.1, 0.15) is 4.60 Å². The van der Waals surface area contributed by atoms with Gasteiger partial charge in [-0.05, 0) is 28.1 Å². The van der Waals surface area contributed by atoms with Crippen molar-refractivity contribution in [1.82, 2.24) is 4.98 Å². The Hall–Kier alpha value is -0.900. The SMILES string of the molecule is C[C@H](CC(=O)O)c1cccc(Br)n1. The number of hydrogen-bond acceptors (Lipinski definition) is 2. The number of pyridine rings is 1. The van der Waals surface area contributed by atoms with E-state index in [-0.39, 0.29) is 12.3 Å². The molecule has 0 unspecified atom stereocenters. The van der Waals surface area contributed by atoms with Crippen molar-refractivity contribution >= 4 is 21.9 Å².